The van der Waals surface area contributed by atoms with Gasteiger partial charge < -0.3 is 14.6 Å². The third-order valence-electron chi connectivity index (χ3n) is 2.36. The maximum absolute atomic E-state index is 11.9. The second-order valence-electron chi connectivity index (χ2n) is 3.81. The fourth-order valence-corrected chi connectivity index (χ4v) is 1.45. The summed E-state index contributed by atoms with van der Waals surface area (Å²) in [5, 5.41) is 10.8. The second kappa shape index (κ2) is 7.58. The number of aromatic nitrogens is 2. The van der Waals surface area contributed by atoms with Crippen LogP contribution in [0.15, 0.2) is 36.4 Å². The van der Waals surface area contributed by atoms with Gasteiger partial charge in [-0.3, -0.25) is 19.7 Å². The minimum Gasteiger partial charge on any atom is -0.463 e. The first-order valence-electron chi connectivity index (χ1n) is 5.85. The number of ether oxygens (including phenoxy) is 1. The molecule has 1 aromatic rings. The molecule has 1 N–H and O–H groups in total. The second-order valence-corrected chi connectivity index (χ2v) is 3.81. The number of amides is 1. The lowest BCUT2D eigenvalue weighted by atomic mass is 10.4. The van der Waals surface area contributed by atoms with Crippen LogP contribution >= 0.6 is 0 Å². The Balaban J connectivity index is 2.83. The summed E-state index contributed by atoms with van der Waals surface area (Å²) < 4.78 is 4.98. The van der Waals surface area contributed by atoms with Crippen molar-refractivity contribution < 1.29 is 14.5 Å². The molecule has 21 heavy (non-hydrogen) atoms. The largest absolute Gasteiger partial charge is 0.463 e. The zero-order valence-corrected chi connectivity index (χ0v) is 11.2. The molecule has 9 heteroatoms. The van der Waals surface area contributed by atoms with Crippen LogP contribution in [0, 0.1) is 10.1 Å². The molecule has 1 aromatic heterocycles. The highest BCUT2D eigenvalue weighted by Crippen LogP contribution is 2.17. The summed E-state index contributed by atoms with van der Waals surface area (Å²) in [4.78, 5) is 40.1. The average Bonchev–Trinajstić information content (AvgIpc) is 2.44. The molecule has 0 radical (unpaired) electrons. The van der Waals surface area contributed by atoms with Gasteiger partial charge in [0.15, 0.2) is 6.61 Å². The SMILES string of the molecule is C=CCN(CC=C)C(=O)COc1nc[nH]c(=O)c1[N+](=O)[O-]. The third-order valence-corrected chi connectivity index (χ3v) is 2.36. The Hall–Kier alpha value is -2.97. The van der Waals surface area contributed by atoms with Crippen molar-refractivity contribution in [3.05, 3.63) is 52.1 Å². The molecule has 9 nitrogen and oxygen atoms in total. The Bertz CT molecular complexity index is 600. The molecule has 0 fully saturated rings. The number of rotatable bonds is 8. The normalized spacial score (nSPS) is 9.71. The van der Waals surface area contributed by atoms with Gasteiger partial charge in [-0.15, -0.1) is 13.2 Å². The van der Waals surface area contributed by atoms with E-state index >= 15 is 0 Å². The molecule has 1 rings (SSSR count). The Morgan fingerprint density at radius 3 is 2.62 bits per heavy atom. The van der Waals surface area contributed by atoms with Crippen LogP contribution in [0.1, 0.15) is 0 Å². The first kappa shape index (κ1) is 16.1. The summed E-state index contributed by atoms with van der Waals surface area (Å²) in [5.74, 6) is -0.944. The van der Waals surface area contributed by atoms with E-state index in [4.69, 9.17) is 4.74 Å². The van der Waals surface area contributed by atoms with Crippen molar-refractivity contribution in [3.8, 4) is 5.88 Å². The van der Waals surface area contributed by atoms with Gasteiger partial charge in [0.2, 0.25) is 0 Å². The molecular formula is C12H14N4O5. The minimum absolute atomic E-state index is 0.277. The molecule has 0 saturated heterocycles. The van der Waals surface area contributed by atoms with E-state index in [0.29, 0.717) is 0 Å². The maximum atomic E-state index is 11.9. The highest BCUT2D eigenvalue weighted by atomic mass is 16.6. The van der Waals surface area contributed by atoms with E-state index in [9.17, 15) is 19.7 Å². The van der Waals surface area contributed by atoms with Crippen molar-refractivity contribution in [2.24, 2.45) is 0 Å². The quantitative estimate of drug-likeness (QED) is 0.417. The van der Waals surface area contributed by atoms with Crippen molar-refractivity contribution in [2.45, 2.75) is 0 Å². The van der Waals surface area contributed by atoms with E-state index < -0.39 is 34.6 Å². The van der Waals surface area contributed by atoms with Gasteiger partial charge in [0.25, 0.3) is 5.91 Å². The molecule has 0 aliphatic carbocycles. The highest BCUT2D eigenvalue weighted by Gasteiger charge is 2.23. The molecule has 112 valence electrons. The predicted molar refractivity (Wildman–Crippen MR) is 74.0 cm³/mol. The van der Waals surface area contributed by atoms with Gasteiger partial charge in [-0.1, -0.05) is 12.2 Å². The lowest BCUT2D eigenvalue weighted by molar-refractivity contribution is -0.387. The van der Waals surface area contributed by atoms with Crippen molar-refractivity contribution in [2.75, 3.05) is 19.7 Å². The van der Waals surface area contributed by atoms with Crippen molar-refractivity contribution in [1.29, 1.82) is 0 Å². The van der Waals surface area contributed by atoms with Crippen LogP contribution in [0.25, 0.3) is 0 Å². The standard InChI is InChI=1S/C12H14N4O5/c1-3-5-15(6-4-2)9(17)7-21-12-10(16(19)20)11(18)13-8-14-12/h3-4,8H,1-2,5-7H2,(H,13,14,18). The van der Waals surface area contributed by atoms with E-state index in [1.807, 2.05) is 0 Å². The Morgan fingerprint density at radius 1 is 1.48 bits per heavy atom. The van der Waals surface area contributed by atoms with Gasteiger partial charge in [0.1, 0.15) is 0 Å². The number of H-pyrrole nitrogens is 1. The summed E-state index contributed by atoms with van der Waals surface area (Å²) in [5.41, 5.74) is -1.80. The molecule has 0 aliphatic heterocycles. The van der Waals surface area contributed by atoms with E-state index in [-0.39, 0.29) is 13.1 Å². The summed E-state index contributed by atoms with van der Waals surface area (Å²) >= 11 is 0. The molecule has 0 aromatic carbocycles. The van der Waals surface area contributed by atoms with Crippen LogP contribution in [0.5, 0.6) is 5.88 Å². The van der Waals surface area contributed by atoms with E-state index in [2.05, 4.69) is 23.1 Å². The molecule has 0 unspecified atom stereocenters. The van der Waals surface area contributed by atoms with Crippen LogP contribution in [-0.4, -0.2) is 45.4 Å². The zero-order valence-electron chi connectivity index (χ0n) is 11.2. The van der Waals surface area contributed by atoms with Gasteiger partial charge in [0.05, 0.1) is 11.3 Å². The number of hydrogen-bond donors (Lipinski definition) is 1. The average molecular weight is 294 g/mol. The molecule has 0 spiro atoms. The molecule has 0 aliphatic rings. The summed E-state index contributed by atoms with van der Waals surface area (Å²) in [6, 6.07) is 0. The topological polar surface area (TPSA) is 118 Å². The predicted octanol–water partition coefficient (Wildman–Crippen LogP) is 0.258. The minimum atomic E-state index is -0.952. The fourth-order valence-electron chi connectivity index (χ4n) is 1.45. The zero-order chi connectivity index (χ0) is 15.8. The van der Waals surface area contributed by atoms with Crippen molar-refractivity contribution in [3.63, 3.8) is 0 Å². The number of aromatic amines is 1. The van der Waals surface area contributed by atoms with Gasteiger partial charge in [-0.25, -0.2) is 0 Å². The number of carbonyl (C=O) groups excluding carboxylic acids is 1. The number of nitrogens with zero attached hydrogens (tertiary/aromatic N) is 3. The van der Waals surface area contributed by atoms with Crippen molar-refractivity contribution >= 4 is 11.6 Å². The van der Waals surface area contributed by atoms with Gasteiger partial charge in [-0.2, -0.15) is 4.98 Å². The summed E-state index contributed by atoms with van der Waals surface area (Å²) in [7, 11) is 0. The van der Waals surface area contributed by atoms with Gasteiger partial charge >= 0.3 is 17.1 Å². The molecule has 1 heterocycles. The fraction of sp³-hybridized carbons (Fsp3) is 0.250. The van der Waals surface area contributed by atoms with Crippen LogP contribution < -0.4 is 10.3 Å². The lowest BCUT2D eigenvalue weighted by Crippen LogP contribution is -2.35. The van der Waals surface area contributed by atoms with E-state index in [1.165, 1.54) is 17.1 Å². The highest BCUT2D eigenvalue weighted by molar-refractivity contribution is 5.78. The smallest absolute Gasteiger partial charge is 0.395 e. The van der Waals surface area contributed by atoms with Crippen LogP contribution in [-0.2, 0) is 4.79 Å². The molecule has 0 saturated carbocycles. The Kier molecular flexibility index (Phi) is 5.80. The van der Waals surface area contributed by atoms with E-state index in [1.54, 1.807) is 0 Å². The number of carbonyl (C=O) groups is 1. The van der Waals surface area contributed by atoms with Crippen LogP contribution in [0.3, 0.4) is 0 Å². The number of nitro groups is 1. The monoisotopic (exact) mass is 294 g/mol. The Labute approximate surface area is 119 Å². The molecular weight excluding hydrogens is 280 g/mol. The first-order chi connectivity index (χ1) is 10.0. The number of hydrogen-bond acceptors (Lipinski definition) is 6. The Morgan fingerprint density at radius 2 is 2.10 bits per heavy atom. The molecule has 1 amide bonds. The lowest BCUT2D eigenvalue weighted by Gasteiger charge is -2.18. The summed E-state index contributed by atoms with van der Waals surface area (Å²) in [6.45, 7) is 7.10. The first-order valence-corrected chi connectivity index (χ1v) is 5.85. The summed E-state index contributed by atoms with van der Waals surface area (Å²) in [6.07, 6.45) is 4.01. The molecule has 0 bridgehead atoms. The van der Waals surface area contributed by atoms with Gasteiger partial charge in [-0.05, 0) is 0 Å². The number of nitrogens with one attached hydrogen (secondary N) is 1. The van der Waals surface area contributed by atoms with Crippen LogP contribution in [0.2, 0.25) is 0 Å². The van der Waals surface area contributed by atoms with E-state index in [0.717, 1.165) is 6.33 Å². The van der Waals surface area contributed by atoms with Crippen molar-refractivity contribution in [1.82, 2.24) is 14.9 Å². The molecule has 0 atom stereocenters. The van der Waals surface area contributed by atoms with Gasteiger partial charge in [0, 0.05) is 13.1 Å². The third kappa shape index (κ3) is 4.27. The maximum Gasteiger partial charge on any atom is 0.395 e. The van der Waals surface area contributed by atoms with Crippen LogP contribution in [0.4, 0.5) is 5.69 Å².